The molecule has 2 rings (SSSR count). The van der Waals surface area contributed by atoms with E-state index in [2.05, 4.69) is 0 Å². The van der Waals surface area contributed by atoms with Crippen molar-refractivity contribution in [3.63, 3.8) is 0 Å². The van der Waals surface area contributed by atoms with Gasteiger partial charge in [0, 0.05) is 5.92 Å². The minimum absolute atomic E-state index is 0.0264. The molecule has 0 saturated carbocycles. The Kier molecular flexibility index (Phi) is 6.31. The Bertz CT molecular complexity index is 876. The number of aliphatic carboxylic acids is 2. The van der Waals surface area contributed by atoms with Gasteiger partial charge in [-0.25, -0.2) is 4.39 Å². The van der Waals surface area contributed by atoms with E-state index in [1.807, 2.05) is 0 Å². The SMILES string of the molecule is CC[C@]1(C(=O)O)C[N+](C(=O)[O-])(C(C)(C)C)C[C@](CC)(C(=O)O)C1c1cccc(F)c1C. The second-order valence-corrected chi connectivity index (χ2v) is 9.74. The van der Waals surface area contributed by atoms with Crippen LogP contribution in [0.3, 0.4) is 0 Å². The third-order valence-electron chi connectivity index (χ3n) is 7.58. The molecule has 1 fully saturated rings. The lowest BCUT2D eigenvalue weighted by atomic mass is 9.52. The first-order valence-electron chi connectivity index (χ1n) is 10.5. The first-order valence-corrected chi connectivity index (χ1v) is 10.5. The highest BCUT2D eigenvalue weighted by Crippen LogP contribution is 2.59. The van der Waals surface area contributed by atoms with Crippen molar-refractivity contribution >= 4 is 18.0 Å². The first kappa shape index (κ1) is 24.8. The van der Waals surface area contributed by atoms with Gasteiger partial charge < -0.3 is 20.1 Å². The van der Waals surface area contributed by atoms with E-state index in [4.69, 9.17) is 0 Å². The summed E-state index contributed by atoms with van der Waals surface area (Å²) in [5.74, 6) is -4.29. The molecule has 1 heterocycles. The smallest absolute Gasteiger partial charge is 0.316 e. The summed E-state index contributed by atoms with van der Waals surface area (Å²) >= 11 is 0. The second kappa shape index (κ2) is 7.89. The number of hydrogen-bond donors (Lipinski definition) is 2. The predicted molar refractivity (Wildman–Crippen MR) is 110 cm³/mol. The summed E-state index contributed by atoms with van der Waals surface area (Å²) in [4.78, 5) is 38.2. The Morgan fingerprint density at radius 1 is 1.10 bits per heavy atom. The fourth-order valence-corrected chi connectivity index (χ4v) is 5.46. The fourth-order valence-electron chi connectivity index (χ4n) is 5.46. The van der Waals surface area contributed by atoms with E-state index in [0.29, 0.717) is 5.56 Å². The molecule has 0 radical (unpaired) electrons. The van der Waals surface area contributed by atoms with E-state index in [1.165, 1.54) is 19.1 Å². The predicted octanol–water partition coefficient (Wildman–Crippen LogP) is 3.15. The number of hydrogen-bond acceptors (Lipinski definition) is 4. The molecule has 1 aliphatic heterocycles. The van der Waals surface area contributed by atoms with Gasteiger partial charge in [-0.05, 0) is 57.7 Å². The van der Waals surface area contributed by atoms with Crippen molar-refractivity contribution in [2.75, 3.05) is 13.1 Å². The molecule has 1 aliphatic rings. The Morgan fingerprint density at radius 2 is 1.55 bits per heavy atom. The number of carbonyl (C=O) groups excluding carboxylic acids is 1. The van der Waals surface area contributed by atoms with Crippen LogP contribution in [0, 0.1) is 23.6 Å². The van der Waals surface area contributed by atoms with Gasteiger partial charge in [-0.1, -0.05) is 26.0 Å². The van der Waals surface area contributed by atoms with Gasteiger partial charge in [0.1, 0.15) is 29.7 Å². The molecular formula is C23H32FNO6. The van der Waals surface area contributed by atoms with Crippen molar-refractivity contribution in [3.05, 3.63) is 35.1 Å². The highest BCUT2D eigenvalue weighted by atomic mass is 19.1. The molecule has 7 nitrogen and oxygen atoms in total. The van der Waals surface area contributed by atoms with Crippen molar-refractivity contribution in [1.29, 1.82) is 0 Å². The van der Waals surface area contributed by atoms with Crippen LogP contribution in [0.1, 0.15) is 64.5 Å². The van der Waals surface area contributed by atoms with E-state index in [9.17, 15) is 34.1 Å². The zero-order valence-corrected chi connectivity index (χ0v) is 19.0. The first-order chi connectivity index (χ1) is 14.2. The van der Waals surface area contributed by atoms with E-state index < -0.39 is 50.6 Å². The third-order valence-corrected chi connectivity index (χ3v) is 7.58. The second-order valence-electron chi connectivity index (χ2n) is 9.74. The van der Waals surface area contributed by atoms with Crippen LogP contribution < -0.4 is 5.11 Å². The molecule has 8 heteroatoms. The summed E-state index contributed by atoms with van der Waals surface area (Å²) in [6.45, 7) is 8.91. The maximum absolute atomic E-state index is 14.5. The maximum atomic E-state index is 14.5. The summed E-state index contributed by atoms with van der Waals surface area (Å²) in [6, 6.07) is 4.22. The molecule has 0 aromatic heterocycles. The Balaban J connectivity index is 3.06. The monoisotopic (exact) mass is 437 g/mol. The molecule has 0 unspecified atom stereocenters. The van der Waals surface area contributed by atoms with Crippen LogP contribution in [-0.4, -0.2) is 51.4 Å². The van der Waals surface area contributed by atoms with Gasteiger partial charge in [0.15, 0.2) is 0 Å². The Morgan fingerprint density at radius 3 is 1.87 bits per heavy atom. The number of benzene rings is 1. The van der Waals surface area contributed by atoms with Crippen molar-refractivity contribution < 1.29 is 38.6 Å². The van der Waals surface area contributed by atoms with Gasteiger partial charge in [-0.3, -0.25) is 14.1 Å². The highest BCUT2D eigenvalue weighted by Gasteiger charge is 2.70. The van der Waals surface area contributed by atoms with Crippen LogP contribution in [0.15, 0.2) is 18.2 Å². The lowest BCUT2D eigenvalue weighted by molar-refractivity contribution is -0.935. The molecule has 1 aromatic carbocycles. The molecule has 31 heavy (non-hydrogen) atoms. The molecular weight excluding hydrogens is 405 g/mol. The summed E-state index contributed by atoms with van der Waals surface area (Å²) in [5.41, 5.74) is -4.10. The lowest BCUT2D eigenvalue weighted by Gasteiger charge is -2.61. The van der Waals surface area contributed by atoms with E-state index in [0.717, 1.165) is 0 Å². The molecule has 1 saturated heterocycles. The molecule has 2 atom stereocenters. The van der Waals surface area contributed by atoms with Gasteiger partial charge >= 0.3 is 11.9 Å². The summed E-state index contributed by atoms with van der Waals surface area (Å²) in [7, 11) is 0. The average molecular weight is 438 g/mol. The van der Waals surface area contributed by atoms with Gasteiger partial charge in [0.2, 0.25) is 0 Å². The lowest BCUT2D eigenvalue weighted by Crippen LogP contribution is -2.79. The number of halogens is 1. The number of piperidine rings is 1. The molecule has 0 spiro atoms. The number of carboxylic acids is 2. The molecule has 1 amide bonds. The van der Waals surface area contributed by atoms with Crippen LogP contribution in [0.4, 0.5) is 9.18 Å². The van der Waals surface area contributed by atoms with Gasteiger partial charge in [0.25, 0.3) is 6.09 Å². The van der Waals surface area contributed by atoms with Gasteiger partial charge in [0.05, 0.1) is 5.54 Å². The Labute approximate surface area is 182 Å². The maximum Gasteiger partial charge on any atom is 0.316 e. The average Bonchev–Trinajstić information content (AvgIpc) is 2.67. The van der Waals surface area contributed by atoms with E-state index in [-0.39, 0.29) is 31.5 Å². The largest absolute Gasteiger partial charge is 0.498 e. The van der Waals surface area contributed by atoms with Crippen LogP contribution >= 0.6 is 0 Å². The van der Waals surface area contributed by atoms with Crippen LogP contribution in [0.25, 0.3) is 0 Å². The highest BCUT2D eigenvalue weighted by molar-refractivity contribution is 5.83. The topological polar surface area (TPSA) is 115 Å². The number of nitrogens with zero attached hydrogens (tertiary/aromatic N) is 1. The summed E-state index contributed by atoms with van der Waals surface area (Å²) in [5, 5.41) is 33.5. The molecule has 1 aromatic rings. The van der Waals surface area contributed by atoms with E-state index >= 15 is 0 Å². The zero-order chi connectivity index (χ0) is 24.0. The quantitative estimate of drug-likeness (QED) is 0.684. The summed E-state index contributed by atoms with van der Waals surface area (Å²) < 4.78 is 13.7. The minimum atomic E-state index is -1.77. The number of quaternary nitrogens is 1. The van der Waals surface area contributed by atoms with Crippen LogP contribution in [-0.2, 0) is 9.59 Å². The van der Waals surface area contributed by atoms with Crippen LogP contribution in [0.2, 0.25) is 0 Å². The van der Waals surface area contributed by atoms with E-state index in [1.54, 1.807) is 40.7 Å². The normalized spacial score (nSPS) is 31.3. The van der Waals surface area contributed by atoms with Crippen molar-refractivity contribution in [1.82, 2.24) is 0 Å². The van der Waals surface area contributed by atoms with Gasteiger partial charge in [-0.2, -0.15) is 0 Å². The minimum Gasteiger partial charge on any atom is -0.498 e. The number of amides is 1. The Hall–Kier alpha value is -2.48. The van der Waals surface area contributed by atoms with Crippen molar-refractivity contribution in [2.24, 2.45) is 10.8 Å². The number of likely N-dealkylation sites (tertiary alicyclic amines) is 1. The summed E-state index contributed by atoms with van der Waals surface area (Å²) in [6.07, 6.45) is -1.57. The third kappa shape index (κ3) is 3.41. The molecule has 172 valence electrons. The fraction of sp³-hybridized carbons (Fsp3) is 0.609. The van der Waals surface area contributed by atoms with Crippen molar-refractivity contribution in [2.45, 2.75) is 65.8 Å². The van der Waals surface area contributed by atoms with Crippen LogP contribution in [0.5, 0.6) is 0 Å². The number of carboxylic acid groups (broad SMARTS) is 3. The number of carbonyl (C=O) groups is 3. The molecule has 2 N–H and O–H groups in total. The number of rotatable bonds is 5. The molecule has 0 aliphatic carbocycles. The molecule has 0 bridgehead atoms. The van der Waals surface area contributed by atoms with Crippen molar-refractivity contribution in [3.8, 4) is 0 Å². The standard InChI is InChI=1S/C23H32FNO6/c1-7-22(18(26)27)12-25(20(30)31,21(4,5)6)13-23(8-2,19(28)29)17(22)15-10-9-11-16(24)14(15)3/h9-11,17H,7-8,12-13H2,1-6H3,(H2-,26,27,28,29,30,31)/t17?,22-,23-,25?/m0/s1. The van der Waals surface area contributed by atoms with Gasteiger partial charge in [-0.15, -0.1) is 0 Å². The zero-order valence-electron chi connectivity index (χ0n) is 19.0.